The second-order valence-corrected chi connectivity index (χ2v) is 4.26. The Labute approximate surface area is 120 Å². The van der Waals surface area contributed by atoms with E-state index in [2.05, 4.69) is 15.3 Å². The highest BCUT2D eigenvalue weighted by molar-refractivity contribution is 5.60. The Morgan fingerprint density at radius 3 is 2.48 bits per heavy atom. The van der Waals surface area contributed by atoms with Gasteiger partial charge in [0.2, 0.25) is 5.95 Å². The van der Waals surface area contributed by atoms with Crippen LogP contribution in [0.3, 0.4) is 0 Å². The molecule has 7 heteroatoms. The first-order valence-corrected chi connectivity index (χ1v) is 6.24. The number of methoxy groups -OCH3 is 1. The highest BCUT2D eigenvalue weighted by atomic mass is 19.4. The van der Waals surface area contributed by atoms with Crippen LogP contribution in [0, 0.1) is 0 Å². The fraction of sp³-hybridized carbons (Fsp3) is 0.286. The zero-order chi connectivity index (χ0) is 15.3. The van der Waals surface area contributed by atoms with Gasteiger partial charge in [0.05, 0.1) is 17.9 Å². The second-order valence-electron chi connectivity index (χ2n) is 4.26. The van der Waals surface area contributed by atoms with Crippen LogP contribution in [0.1, 0.15) is 5.56 Å². The Bertz CT molecular complexity index is 585. The molecule has 21 heavy (non-hydrogen) atoms. The predicted molar refractivity (Wildman–Crippen MR) is 72.8 cm³/mol. The fourth-order valence-electron chi connectivity index (χ4n) is 1.70. The van der Waals surface area contributed by atoms with Crippen LogP contribution in [0.4, 0.5) is 19.1 Å². The maximum atomic E-state index is 12.5. The SMILES string of the molecule is COCCNc1nccc(-c2ccc(C(F)(F)F)cc2)n1. The Balaban J connectivity index is 2.16. The first kappa shape index (κ1) is 15.2. The van der Waals surface area contributed by atoms with Crippen molar-refractivity contribution in [3.05, 3.63) is 42.1 Å². The molecule has 0 aliphatic rings. The standard InChI is InChI=1S/C14H14F3N3O/c1-21-9-8-19-13-18-7-6-12(20-13)10-2-4-11(5-3-10)14(15,16)17/h2-7H,8-9H2,1H3,(H,18,19,20). The van der Waals surface area contributed by atoms with Crippen LogP contribution >= 0.6 is 0 Å². The van der Waals surface area contributed by atoms with Gasteiger partial charge >= 0.3 is 6.18 Å². The molecule has 2 aromatic rings. The summed E-state index contributed by atoms with van der Waals surface area (Å²) in [6.45, 7) is 1.06. The van der Waals surface area contributed by atoms with E-state index in [1.807, 2.05) is 0 Å². The Kier molecular flexibility index (Phi) is 4.74. The molecule has 112 valence electrons. The number of hydrogen-bond donors (Lipinski definition) is 1. The third-order valence-electron chi connectivity index (χ3n) is 2.75. The van der Waals surface area contributed by atoms with Gasteiger partial charge in [0.15, 0.2) is 0 Å². The van der Waals surface area contributed by atoms with Gasteiger partial charge in [-0.1, -0.05) is 12.1 Å². The van der Waals surface area contributed by atoms with Crippen molar-refractivity contribution in [3.63, 3.8) is 0 Å². The van der Waals surface area contributed by atoms with E-state index in [4.69, 9.17) is 4.74 Å². The van der Waals surface area contributed by atoms with Gasteiger partial charge in [0.25, 0.3) is 0 Å². The summed E-state index contributed by atoms with van der Waals surface area (Å²) >= 11 is 0. The molecule has 4 nitrogen and oxygen atoms in total. The van der Waals surface area contributed by atoms with Gasteiger partial charge in [-0.05, 0) is 18.2 Å². The molecule has 0 saturated heterocycles. The van der Waals surface area contributed by atoms with Crippen molar-refractivity contribution in [3.8, 4) is 11.3 Å². The molecule has 0 spiro atoms. The van der Waals surface area contributed by atoms with Crippen LogP contribution in [-0.2, 0) is 10.9 Å². The molecule has 0 atom stereocenters. The molecule has 0 amide bonds. The molecule has 0 saturated carbocycles. The smallest absolute Gasteiger partial charge is 0.383 e. The lowest BCUT2D eigenvalue weighted by Gasteiger charge is -2.08. The summed E-state index contributed by atoms with van der Waals surface area (Å²) in [6.07, 6.45) is -2.79. The molecule has 0 unspecified atom stereocenters. The molecule has 0 radical (unpaired) electrons. The topological polar surface area (TPSA) is 47.0 Å². The molecular weight excluding hydrogens is 283 g/mol. The number of halogens is 3. The number of aromatic nitrogens is 2. The minimum Gasteiger partial charge on any atom is -0.383 e. The lowest BCUT2D eigenvalue weighted by Crippen LogP contribution is -2.10. The quantitative estimate of drug-likeness (QED) is 0.861. The van der Waals surface area contributed by atoms with Crippen molar-refractivity contribution < 1.29 is 17.9 Å². The highest BCUT2D eigenvalue weighted by Crippen LogP contribution is 2.30. The summed E-state index contributed by atoms with van der Waals surface area (Å²) in [5.41, 5.74) is 0.470. The summed E-state index contributed by atoms with van der Waals surface area (Å²) in [5, 5.41) is 2.96. The summed E-state index contributed by atoms with van der Waals surface area (Å²) < 4.78 is 42.4. The molecule has 1 N–H and O–H groups in total. The molecule has 1 aromatic heterocycles. The van der Waals surface area contributed by atoms with Crippen molar-refractivity contribution >= 4 is 5.95 Å². The van der Waals surface area contributed by atoms with Gasteiger partial charge in [0.1, 0.15) is 0 Å². The van der Waals surface area contributed by atoms with Gasteiger partial charge in [0, 0.05) is 25.4 Å². The summed E-state index contributed by atoms with van der Waals surface area (Å²) in [6, 6.07) is 6.50. The van der Waals surface area contributed by atoms with E-state index in [9.17, 15) is 13.2 Å². The van der Waals surface area contributed by atoms with Crippen molar-refractivity contribution in [1.29, 1.82) is 0 Å². The molecule has 2 rings (SSSR count). The number of benzene rings is 1. The van der Waals surface area contributed by atoms with E-state index in [1.54, 1.807) is 19.4 Å². The van der Waals surface area contributed by atoms with E-state index in [0.717, 1.165) is 12.1 Å². The molecule has 0 fully saturated rings. The molecular formula is C14H14F3N3O. The molecule has 0 bridgehead atoms. The first-order chi connectivity index (χ1) is 10.0. The zero-order valence-corrected chi connectivity index (χ0v) is 11.3. The van der Waals surface area contributed by atoms with Gasteiger partial charge in [-0.2, -0.15) is 13.2 Å². The highest BCUT2D eigenvalue weighted by Gasteiger charge is 2.29. The number of ether oxygens (including phenoxy) is 1. The second kappa shape index (κ2) is 6.53. The van der Waals surface area contributed by atoms with Crippen LogP contribution in [0.15, 0.2) is 36.5 Å². The minimum atomic E-state index is -4.34. The van der Waals surface area contributed by atoms with Crippen molar-refractivity contribution in [1.82, 2.24) is 9.97 Å². The summed E-state index contributed by atoms with van der Waals surface area (Å²) in [5.74, 6) is 0.407. The van der Waals surface area contributed by atoms with Gasteiger partial charge in [-0.3, -0.25) is 0 Å². The largest absolute Gasteiger partial charge is 0.416 e. The molecule has 0 aliphatic carbocycles. The van der Waals surface area contributed by atoms with Gasteiger partial charge in [-0.25, -0.2) is 9.97 Å². The van der Waals surface area contributed by atoms with E-state index >= 15 is 0 Å². The number of anilines is 1. The van der Waals surface area contributed by atoms with Crippen molar-refractivity contribution in [2.75, 3.05) is 25.6 Å². The van der Waals surface area contributed by atoms with E-state index in [-0.39, 0.29) is 0 Å². The Morgan fingerprint density at radius 1 is 1.14 bits per heavy atom. The third-order valence-corrected chi connectivity index (χ3v) is 2.75. The average Bonchev–Trinajstić information content (AvgIpc) is 2.47. The van der Waals surface area contributed by atoms with Gasteiger partial charge < -0.3 is 10.1 Å². The van der Waals surface area contributed by atoms with E-state index < -0.39 is 11.7 Å². The lowest BCUT2D eigenvalue weighted by molar-refractivity contribution is -0.137. The summed E-state index contributed by atoms with van der Waals surface area (Å²) in [7, 11) is 1.58. The number of rotatable bonds is 5. The number of hydrogen-bond acceptors (Lipinski definition) is 4. The van der Waals surface area contributed by atoms with Crippen LogP contribution < -0.4 is 5.32 Å². The Hall–Kier alpha value is -2.15. The normalized spacial score (nSPS) is 11.4. The molecule has 0 aliphatic heterocycles. The third kappa shape index (κ3) is 4.16. The van der Waals surface area contributed by atoms with Crippen molar-refractivity contribution in [2.24, 2.45) is 0 Å². The number of nitrogens with one attached hydrogen (secondary N) is 1. The monoisotopic (exact) mass is 297 g/mol. The van der Waals surface area contributed by atoms with Crippen molar-refractivity contribution in [2.45, 2.75) is 6.18 Å². The van der Waals surface area contributed by atoms with E-state index in [1.165, 1.54) is 12.1 Å². The zero-order valence-electron chi connectivity index (χ0n) is 11.3. The van der Waals surface area contributed by atoms with Crippen LogP contribution in [0.5, 0.6) is 0 Å². The summed E-state index contributed by atoms with van der Waals surface area (Å²) in [4.78, 5) is 8.28. The fourth-order valence-corrected chi connectivity index (χ4v) is 1.70. The maximum Gasteiger partial charge on any atom is 0.416 e. The lowest BCUT2D eigenvalue weighted by atomic mass is 10.1. The van der Waals surface area contributed by atoms with E-state index in [0.29, 0.717) is 30.4 Å². The first-order valence-electron chi connectivity index (χ1n) is 6.24. The average molecular weight is 297 g/mol. The number of nitrogens with zero attached hydrogens (tertiary/aromatic N) is 2. The number of alkyl halides is 3. The molecule has 1 heterocycles. The minimum absolute atomic E-state index is 0.407. The van der Waals surface area contributed by atoms with Crippen LogP contribution in [-0.4, -0.2) is 30.2 Å². The maximum absolute atomic E-state index is 12.5. The van der Waals surface area contributed by atoms with Crippen LogP contribution in [0.2, 0.25) is 0 Å². The molecule has 1 aromatic carbocycles. The van der Waals surface area contributed by atoms with Crippen LogP contribution in [0.25, 0.3) is 11.3 Å². The van der Waals surface area contributed by atoms with Gasteiger partial charge in [-0.15, -0.1) is 0 Å². The predicted octanol–water partition coefficient (Wildman–Crippen LogP) is 3.22. The Morgan fingerprint density at radius 2 is 1.86 bits per heavy atom.